The van der Waals surface area contributed by atoms with E-state index >= 15 is 0 Å². The Hall–Kier alpha value is -1.31. The molecular formula is C17H18ClN. The van der Waals surface area contributed by atoms with Crippen LogP contribution in [0.1, 0.15) is 18.4 Å². The average Bonchev–Trinajstić information content (AvgIpc) is 2.93. The van der Waals surface area contributed by atoms with Crippen molar-refractivity contribution in [1.29, 1.82) is 0 Å². The fourth-order valence-electron chi connectivity index (χ4n) is 2.69. The number of benzene rings is 2. The molecule has 1 saturated heterocycles. The number of likely N-dealkylation sites (tertiary alicyclic amines) is 1. The second-order valence-electron chi connectivity index (χ2n) is 5.19. The van der Waals surface area contributed by atoms with Gasteiger partial charge in [0.2, 0.25) is 0 Å². The normalized spacial score (nSPS) is 15.8. The van der Waals surface area contributed by atoms with E-state index in [0.717, 1.165) is 11.6 Å². The van der Waals surface area contributed by atoms with Crippen LogP contribution in [0, 0.1) is 0 Å². The van der Waals surface area contributed by atoms with Crippen LogP contribution in [0.15, 0.2) is 48.5 Å². The Morgan fingerprint density at radius 3 is 2.37 bits per heavy atom. The summed E-state index contributed by atoms with van der Waals surface area (Å²) in [4.78, 5) is 2.53. The van der Waals surface area contributed by atoms with Gasteiger partial charge in [-0.3, -0.25) is 4.90 Å². The molecule has 2 aromatic rings. The fourth-order valence-corrected chi connectivity index (χ4v) is 2.82. The quantitative estimate of drug-likeness (QED) is 0.788. The van der Waals surface area contributed by atoms with Crippen LogP contribution in [-0.2, 0) is 6.54 Å². The highest BCUT2D eigenvalue weighted by atomic mass is 35.5. The SMILES string of the molecule is Clc1ccc(-c2cccc(CN3CCCC3)c2)cc1. The summed E-state index contributed by atoms with van der Waals surface area (Å²) in [5, 5.41) is 0.789. The molecule has 0 bridgehead atoms. The lowest BCUT2D eigenvalue weighted by molar-refractivity contribution is 0.331. The molecule has 2 heteroatoms. The second kappa shape index (κ2) is 5.77. The molecule has 0 radical (unpaired) electrons. The molecule has 0 unspecified atom stereocenters. The zero-order valence-electron chi connectivity index (χ0n) is 11.0. The minimum absolute atomic E-state index is 0.789. The van der Waals surface area contributed by atoms with E-state index in [4.69, 9.17) is 11.6 Å². The molecular weight excluding hydrogens is 254 g/mol. The molecule has 98 valence electrons. The highest BCUT2D eigenvalue weighted by Crippen LogP contribution is 2.23. The Morgan fingerprint density at radius 2 is 1.63 bits per heavy atom. The summed E-state index contributed by atoms with van der Waals surface area (Å²) < 4.78 is 0. The zero-order chi connectivity index (χ0) is 13.1. The van der Waals surface area contributed by atoms with Crippen LogP contribution >= 0.6 is 11.6 Å². The molecule has 0 amide bonds. The number of nitrogens with zero attached hydrogens (tertiary/aromatic N) is 1. The van der Waals surface area contributed by atoms with Gasteiger partial charge in [-0.15, -0.1) is 0 Å². The van der Waals surface area contributed by atoms with E-state index in [1.165, 1.54) is 42.6 Å². The third-order valence-corrected chi connectivity index (χ3v) is 3.96. The van der Waals surface area contributed by atoms with E-state index < -0.39 is 0 Å². The van der Waals surface area contributed by atoms with Gasteiger partial charge >= 0.3 is 0 Å². The van der Waals surface area contributed by atoms with Crippen molar-refractivity contribution >= 4 is 11.6 Å². The van der Waals surface area contributed by atoms with Gasteiger partial charge in [0.05, 0.1) is 0 Å². The molecule has 0 aliphatic carbocycles. The van der Waals surface area contributed by atoms with Crippen molar-refractivity contribution in [2.24, 2.45) is 0 Å². The molecule has 0 saturated carbocycles. The number of hydrogen-bond donors (Lipinski definition) is 0. The lowest BCUT2D eigenvalue weighted by Gasteiger charge is -2.15. The summed E-state index contributed by atoms with van der Waals surface area (Å²) in [7, 11) is 0. The summed E-state index contributed by atoms with van der Waals surface area (Å²) in [6.07, 6.45) is 2.69. The first-order chi connectivity index (χ1) is 9.31. The monoisotopic (exact) mass is 271 g/mol. The maximum atomic E-state index is 5.94. The van der Waals surface area contributed by atoms with E-state index in [2.05, 4.69) is 41.3 Å². The fraction of sp³-hybridized carbons (Fsp3) is 0.294. The Morgan fingerprint density at radius 1 is 0.895 bits per heavy atom. The second-order valence-corrected chi connectivity index (χ2v) is 5.63. The van der Waals surface area contributed by atoms with Crippen LogP contribution in [0.2, 0.25) is 5.02 Å². The molecule has 1 heterocycles. The zero-order valence-corrected chi connectivity index (χ0v) is 11.7. The van der Waals surface area contributed by atoms with Gasteiger partial charge in [-0.2, -0.15) is 0 Å². The van der Waals surface area contributed by atoms with E-state index in [-0.39, 0.29) is 0 Å². The first kappa shape index (κ1) is 12.7. The minimum Gasteiger partial charge on any atom is -0.299 e. The van der Waals surface area contributed by atoms with Gasteiger partial charge in [0.25, 0.3) is 0 Å². The van der Waals surface area contributed by atoms with Crippen LogP contribution in [0.4, 0.5) is 0 Å². The third-order valence-electron chi connectivity index (χ3n) is 3.71. The summed E-state index contributed by atoms with van der Waals surface area (Å²) in [6.45, 7) is 3.55. The maximum absolute atomic E-state index is 5.94. The summed E-state index contributed by atoms with van der Waals surface area (Å²) in [6, 6.07) is 16.9. The lowest BCUT2D eigenvalue weighted by atomic mass is 10.0. The maximum Gasteiger partial charge on any atom is 0.0406 e. The van der Waals surface area contributed by atoms with Gasteiger partial charge in [-0.1, -0.05) is 41.9 Å². The van der Waals surface area contributed by atoms with Crippen molar-refractivity contribution in [3.05, 3.63) is 59.1 Å². The van der Waals surface area contributed by atoms with Gasteiger partial charge in [-0.25, -0.2) is 0 Å². The van der Waals surface area contributed by atoms with Crippen LogP contribution in [0.5, 0.6) is 0 Å². The van der Waals surface area contributed by atoms with Gasteiger partial charge in [-0.05, 0) is 60.8 Å². The van der Waals surface area contributed by atoms with Gasteiger partial charge < -0.3 is 0 Å². The highest BCUT2D eigenvalue weighted by Gasteiger charge is 2.11. The third kappa shape index (κ3) is 3.17. The molecule has 1 aliphatic heterocycles. The molecule has 1 nitrogen and oxygen atoms in total. The summed E-state index contributed by atoms with van der Waals surface area (Å²) >= 11 is 5.94. The van der Waals surface area contributed by atoms with Gasteiger partial charge in [0.15, 0.2) is 0 Å². The molecule has 2 aromatic carbocycles. The molecule has 19 heavy (non-hydrogen) atoms. The lowest BCUT2D eigenvalue weighted by Crippen LogP contribution is -2.18. The van der Waals surface area contributed by atoms with E-state index in [1.54, 1.807) is 0 Å². The van der Waals surface area contributed by atoms with Crippen molar-refractivity contribution in [3.63, 3.8) is 0 Å². The van der Waals surface area contributed by atoms with Gasteiger partial charge in [0.1, 0.15) is 0 Å². The molecule has 3 rings (SSSR count). The predicted octanol–water partition coefficient (Wildman–Crippen LogP) is 4.60. The molecule has 1 fully saturated rings. The molecule has 0 aromatic heterocycles. The molecule has 0 N–H and O–H groups in total. The first-order valence-corrected chi connectivity index (χ1v) is 7.26. The molecule has 1 aliphatic rings. The number of hydrogen-bond acceptors (Lipinski definition) is 1. The van der Waals surface area contributed by atoms with Crippen molar-refractivity contribution in [2.45, 2.75) is 19.4 Å². The van der Waals surface area contributed by atoms with Crippen LogP contribution in [-0.4, -0.2) is 18.0 Å². The van der Waals surface area contributed by atoms with Crippen LogP contribution in [0.3, 0.4) is 0 Å². The van der Waals surface area contributed by atoms with Crippen molar-refractivity contribution in [2.75, 3.05) is 13.1 Å². The number of halogens is 1. The van der Waals surface area contributed by atoms with Crippen LogP contribution < -0.4 is 0 Å². The minimum atomic E-state index is 0.789. The standard InChI is InChI=1S/C17H18ClN/c18-17-8-6-15(7-9-17)16-5-3-4-14(12-16)13-19-10-1-2-11-19/h3-9,12H,1-2,10-11,13H2. The first-order valence-electron chi connectivity index (χ1n) is 6.88. The van der Waals surface area contributed by atoms with Crippen molar-refractivity contribution in [3.8, 4) is 11.1 Å². The Kier molecular flexibility index (Phi) is 3.86. The predicted molar refractivity (Wildman–Crippen MR) is 81.4 cm³/mol. The summed E-state index contributed by atoms with van der Waals surface area (Å²) in [5.41, 5.74) is 3.90. The van der Waals surface area contributed by atoms with E-state index in [1.807, 2.05) is 12.1 Å². The average molecular weight is 272 g/mol. The Labute approximate surface area is 119 Å². The largest absolute Gasteiger partial charge is 0.299 e. The number of rotatable bonds is 3. The van der Waals surface area contributed by atoms with E-state index in [0.29, 0.717) is 0 Å². The van der Waals surface area contributed by atoms with Crippen LogP contribution in [0.25, 0.3) is 11.1 Å². The molecule has 0 atom stereocenters. The topological polar surface area (TPSA) is 3.24 Å². The highest BCUT2D eigenvalue weighted by molar-refractivity contribution is 6.30. The van der Waals surface area contributed by atoms with Gasteiger partial charge in [0, 0.05) is 11.6 Å². The summed E-state index contributed by atoms with van der Waals surface area (Å²) in [5.74, 6) is 0. The Bertz CT molecular complexity index is 541. The van der Waals surface area contributed by atoms with Crippen molar-refractivity contribution in [1.82, 2.24) is 4.90 Å². The van der Waals surface area contributed by atoms with Crippen molar-refractivity contribution < 1.29 is 0 Å². The Balaban J connectivity index is 1.80. The van der Waals surface area contributed by atoms with E-state index in [9.17, 15) is 0 Å². The smallest absolute Gasteiger partial charge is 0.0406 e. The molecule has 0 spiro atoms.